The van der Waals surface area contributed by atoms with Crippen LogP contribution in [0.1, 0.15) is 43.0 Å². The second kappa shape index (κ2) is 7.49. The molecule has 1 aromatic heterocycles. The second-order valence-electron chi connectivity index (χ2n) is 6.48. The Balaban J connectivity index is 1.58. The van der Waals surface area contributed by atoms with Crippen molar-refractivity contribution in [3.8, 4) is 5.88 Å². The number of hydrogen-bond donors (Lipinski definition) is 0. The third-order valence-electron chi connectivity index (χ3n) is 5.00. The van der Waals surface area contributed by atoms with Gasteiger partial charge in [-0.25, -0.2) is 4.98 Å². The van der Waals surface area contributed by atoms with Gasteiger partial charge in [-0.3, -0.25) is 4.79 Å². The summed E-state index contributed by atoms with van der Waals surface area (Å²) in [7, 11) is 1.56. The highest BCUT2D eigenvalue weighted by molar-refractivity contribution is 5.94. The van der Waals surface area contributed by atoms with Gasteiger partial charge in [-0.1, -0.05) is 0 Å². The molecule has 132 valence electrons. The molecule has 1 amide bonds. The number of likely N-dealkylation sites (tertiary alicyclic amines) is 1. The molecule has 6 heteroatoms. The van der Waals surface area contributed by atoms with Crippen LogP contribution in [0.2, 0.25) is 0 Å². The molecule has 0 aliphatic carbocycles. The Bertz CT molecular complexity index is 551. The largest absolute Gasteiger partial charge is 0.481 e. The third kappa shape index (κ3) is 3.70. The zero-order valence-corrected chi connectivity index (χ0v) is 14.5. The van der Waals surface area contributed by atoms with Crippen molar-refractivity contribution in [3.05, 3.63) is 23.9 Å². The minimum atomic E-state index is -0.118. The van der Waals surface area contributed by atoms with E-state index in [4.69, 9.17) is 14.2 Å². The number of hydrogen-bond acceptors (Lipinski definition) is 5. The summed E-state index contributed by atoms with van der Waals surface area (Å²) in [6.45, 7) is 4.95. The smallest absolute Gasteiger partial charge is 0.255 e. The van der Waals surface area contributed by atoms with Crippen molar-refractivity contribution in [1.29, 1.82) is 0 Å². The van der Waals surface area contributed by atoms with Crippen LogP contribution in [0.3, 0.4) is 0 Å². The van der Waals surface area contributed by atoms with E-state index in [9.17, 15) is 4.79 Å². The number of pyridine rings is 1. The van der Waals surface area contributed by atoms with Crippen LogP contribution in [0.15, 0.2) is 18.3 Å². The van der Waals surface area contributed by atoms with Gasteiger partial charge in [0.15, 0.2) is 0 Å². The van der Waals surface area contributed by atoms with Crippen molar-refractivity contribution in [2.24, 2.45) is 0 Å². The summed E-state index contributed by atoms with van der Waals surface area (Å²) >= 11 is 0. The molecule has 1 atom stereocenters. The number of aromatic nitrogens is 1. The quantitative estimate of drug-likeness (QED) is 0.845. The van der Waals surface area contributed by atoms with Crippen molar-refractivity contribution in [1.82, 2.24) is 9.88 Å². The highest BCUT2D eigenvalue weighted by atomic mass is 16.5. The highest BCUT2D eigenvalue weighted by Gasteiger charge is 2.41. The fourth-order valence-corrected chi connectivity index (χ4v) is 3.64. The molecule has 3 heterocycles. The number of ether oxygens (including phenoxy) is 3. The van der Waals surface area contributed by atoms with Gasteiger partial charge in [0.1, 0.15) is 0 Å². The van der Waals surface area contributed by atoms with E-state index < -0.39 is 0 Å². The van der Waals surface area contributed by atoms with E-state index in [-0.39, 0.29) is 17.6 Å². The average Bonchev–Trinajstić information content (AvgIpc) is 2.62. The Morgan fingerprint density at radius 1 is 1.42 bits per heavy atom. The normalized spacial score (nSPS) is 23.2. The van der Waals surface area contributed by atoms with Gasteiger partial charge < -0.3 is 19.1 Å². The summed E-state index contributed by atoms with van der Waals surface area (Å²) in [6, 6.07) is 3.48. The van der Waals surface area contributed by atoms with Gasteiger partial charge in [0, 0.05) is 45.0 Å². The van der Waals surface area contributed by atoms with Crippen molar-refractivity contribution < 1.29 is 19.0 Å². The van der Waals surface area contributed by atoms with E-state index in [0.29, 0.717) is 24.5 Å². The summed E-state index contributed by atoms with van der Waals surface area (Å²) in [5.41, 5.74) is 0.482. The lowest BCUT2D eigenvalue weighted by Crippen LogP contribution is -2.52. The van der Waals surface area contributed by atoms with Crippen LogP contribution >= 0.6 is 0 Å². The first-order chi connectivity index (χ1) is 11.7. The van der Waals surface area contributed by atoms with Crippen LogP contribution in [0.5, 0.6) is 5.88 Å². The van der Waals surface area contributed by atoms with Gasteiger partial charge in [-0.2, -0.15) is 0 Å². The number of rotatable bonds is 4. The van der Waals surface area contributed by atoms with Crippen LogP contribution in [0.25, 0.3) is 0 Å². The van der Waals surface area contributed by atoms with Crippen LogP contribution in [0, 0.1) is 0 Å². The molecule has 0 N–H and O–H groups in total. The first-order valence-electron chi connectivity index (χ1n) is 8.71. The average molecular weight is 334 g/mol. The van der Waals surface area contributed by atoms with Gasteiger partial charge in [-0.05, 0) is 32.3 Å². The zero-order chi connectivity index (χ0) is 17.0. The van der Waals surface area contributed by atoms with Crippen LogP contribution in [0.4, 0.5) is 0 Å². The van der Waals surface area contributed by atoms with Crippen molar-refractivity contribution in [3.63, 3.8) is 0 Å². The van der Waals surface area contributed by atoms with E-state index in [1.165, 1.54) is 0 Å². The lowest BCUT2D eigenvalue weighted by Gasteiger charge is -2.46. The minimum Gasteiger partial charge on any atom is -0.481 e. The Morgan fingerprint density at radius 3 is 2.83 bits per heavy atom. The standard InChI is InChI=1S/C18H26N2O4/c1-3-23-15-6-11-24-18(12-15)7-9-20(10-8-18)17(21)14-4-5-16(22-2)19-13-14/h4-5,13,15H,3,6-12H2,1-2H3. The molecule has 24 heavy (non-hydrogen) atoms. The molecular weight excluding hydrogens is 308 g/mol. The first kappa shape index (κ1) is 17.2. The molecule has 2 fully saturated rings. The zero-order valence-electron chi connectivity index (χ0n) is 14.5. The fourth-order valence-electron chi connectivity index (χ4n) is 3.64. The minimum absolute atomic E-state index is 0.0252. The molecular formula is C18H26N2O4. The molecule has 0 aromatic carbocycles. The van der Waals surface area contributed by atoms with Crippen molar-refractivity contribution in [2.75, 3.05) is 33.4 Å². The number of nitrogens with zero attached hydrogens (tertiary/aromatic N) is 2. The predicted molar refractivity (Wildman–Crippen MR) is 89.3 cm³/mol. The molecule has 6 nitrogen and oxygen atoms in total. The number of amides is 1. The molecule has 2 aliphatic heterocycles. The number of methoxy groups -OCH3 is 1. The molecule has 0 bridgehead atoms. The highest BCUT2D eigenvalue weighted by Crippen LogP contribution is 2.36. The Labute approximate surface area is 143 Å². The maximum Gasteiger partial charge on any atom is 0.255 e. The van der Waals surface area contributed by atoms with Crippen LogP contribution in [-0.2, 0) is 9.47 Å². The maximum absolute atomic E-state index is 12.6. The first-order valence-corrected chi connectivity index (χ1v) is 8.71. The van der Waals surface area contributed by atoms with E-state index in [1.54, 1.807) is 25.4 Å². The molecule has 2 aliphatic rings. The topological polar surface area (TPSA) is 60.9 Å². The molecule has 1 spiro atoms. The summed E-state index contributed by atoms with van der Waals surface area (Å²) in [4.78, 5) is 18.6. The Kier molecular flexibility index (Phi) is 5.36. The monoisotopic (exact) mass is 334 g/mol. The van der Waals surface area contributed by atoms with Gasteiger partial charge in [-0.15, -0.1) is 0 Å². The SMILES string of the molecule is CCOC1CCOC2(CCN(C(=O)c3ccc(OC)nc3)CC2)C1. The van der Waals surface area contributed by atoms with Crippen LogP contribution in [-0.4, -0.2) is 60.9 Å². The van der Waals surface area contributed by atoms with Crippen LogP contribution < -0.4 is 4.74 Å². The van der Waals surface area contributed by atoms with Gasteiger partial charge in [0.2, 0.25) is 5.88 Å². The Morgan fingerprint density at radius 2 is 2.21 bits per heavy atom. The van der Waals surface area contributed by atoms with E-state index >= 15 is 0 Å². The second-order valence-corrected chi connectivity index (χ2v) is 6.48. The summed E-state index contributed by atoms with van der Waals surface area (Å²) in [5.74, 6) is 0.541. The number of piperidine rings is 1. The maximum atomic E-state index is 12.6. The summed E-state index contributed by atoms with van der Waals surface area (Å²) in [6.07, 6.45) is 5.51. The van der Waals surface area contributed by atoms with E-state index in [1.807, 2.05) is 11.8 Å². The summed E-state index contributed by atoms with van der Waals surface area (Å²) in [5, 5.41) is 0. The molecule has 3 rings (SSSR count). The molecule has 0 saturated carbocycles. The number of carbonyl (C=O) groups excluding carboxylic acids is 1. The molecule has 2 saturated heterocycles. The fraction of sp³-hybridized carbons (Fsp3) is 0.667. The Hall–Kier alpha value is -1.66. The van der Waals surface area contributed by atoms with Crippen molar-refractivity contribution >= 4 is 5.91 Å². The van der Waals surface area contributed by atoms with Gasteiger partial charge in [0.05, 0.1) is 24.4 Å². The lowest BCUT2D eigenvalue weighted by atomic mass is 9.83. The van der Waals surface area contributed by atoms with E-state index in [2.05, 4.69) is 4.98 Å². The lowest BCUT2D eigenvalue weighted by molar-refractivity contribution is -0.151. The van der Waals surface area contributed by atoms with Crippen molar-refractivity contribution in [2.45, 2.75) is 44.3 Å². The van der Waals surface area contributed by atoms with Gasteiger partial charge >= 0.3 is 0 Å². The third-order valence-corrected chi connectivity index (χ3v) is 5.00. The van der Waals surface area contributed by atoms with E-state index in [0.717, 1.165) is 38.9 Å². The number of carbonyl (C=O) groups is 1. The summed E-state index contributed by atoms with van der Waals surface area (Å²) < 4.78 is 16.9. The molecule has 1 unspecified atom stereocenters. The predicted octanol–water partition coefficient (Wildman–Crippen LogP) is 2.28. The molecule has 1 aromatic rings. The molecule has 0 radical (unpaired) electrons. The van der Waals surface area contributed by atoms with Gasteiger partial charge in [0.25, 0.3) is 5.91 Å².